The summed E-state index contributed by atoms with van der Waals surface area (Å²) in [5.41, 5.74) is 3.39. The number of nitrogens with zero attached hydrogens (tertiary/aromatic N) is 4. The van der Waals surface area contributed by atoms with Crippen molar-refractivity contribution < 1.29 is 4.52 Å². The number of fused-ring (bicyclic) bond motifs is 1. The molecule has 4 heterocycles. The van der Waals surface area contributed by atoms with E-state index in [1.807, 2.05) is 32.0 Å². The largest absolute Gasteiger partial charge is 0.359 e. The predicted octanol–water partition coefficient (Wildman–Crippen LogP) is 2.64. The molecule has 0 bridgehead atoms. The highest BCUT2D eigenvalue weighted by Crippen LogP contribution is 2.33. The molecule has 1 aliphatic rings. The van der Waals surface area contributed by atoms with Gasteiger partial charge in [-0.05, 0) is 44.9 Å². The van der Waals surface area contributed by atoms with E-state index in [4.69, 9.17) is 9.51 Å². The standard InChI is InChI=1S/C18H20N4O2/c1-12-5-3-8-22-17(23)10-14(19-18(12)22)11-21-7-4-6-15(21)16-9-13(2)20-24-16/h3,5,8-10,15H,4,6-7,11H2,1-2H3. The molecule has 0 spiro atoms. The van der Waals surface area contributed by atoms with Crippen LogP contribution in [0.5, 0.6) is 0 Å². The third-order valence-electron chi connectivity index (χ3n) is 4.64. The topological polar surface area (TPSA) is 63.6 Å². The van der Waals surface area contributed by atoms with Crippen molar-refractivity contribution in [3.05, 3.63) is 63.5 Å². The van der Waals surface area contributed by atoms with E-state index in [-0.39, 0.29) is 11.6 Å². The van der Waals surface area contributed by atoms with Gasteiger partial charge >= 0.3 is 0 Å². The number of aromatic nitrogens is 3. The highest BCUT2D eigenvalue weighted by molar-refractivity contribution is 5.46. The van der Waals surface area contributed by atoms with Crippen molar-refractivity contribution in [1.82, 2.24) is 19.4 Å². The van der Waals surface area contributed by atoms with Crippen molar-refractivity contribution in [2.75, 3.05) is 6.54 Å². The lowest BCUT2D eigenvalue weighted by Gasteiger charge is -2.21. The predicted molar refractivity (Wildman–Crippen MR) is 89.8 cm³/mol. The van der Waals surface area contributed by atoms with Crippen LogP contribution < -0.4 is 5.56 Å². The first kappa shape index (κ1) is 15.1. The second-order valence-electron chi connectivity index (χ2n) is 6.47. The highest BCUT2D eigenvalue weighted by Gasteiger charge is 2.29. The molecule has 1 saturated heterocycles. The summed E-state index contributed by atoms with van der Waals surface area (Å²) in [5.74, 6) is 0.902. The molecule has 1 fully saturated rings. The summed E-state index contributed by atoms with van der Waals surface area (Å²) in [4.78, 5) is 19.4. The molecule has 0 N–H and O–H groups in total. The molecule has 0 amide bonds. The zero-order valence-electron chi connectivity index (χ0n) is 13.9. The molecule has 1 aliphatic heterocycles. The Morgan fingerprint density at radius 1 is 1.33 bits per heavy atom. The smallest absolute Gasteiger partial charge is 0.258 e. The Balaban J connectivity index is 1.66. The number of pyridine rings is 1. The van der Waals surface area contributed by atoms with Gasteiger partial charge in [0, 0.05) is 24.9 Å². The van der Waals surface area contributed by atoms with Gasteiger partial charge in [-0.1, -0.05) is 11.2 Å². The number of rotatable bonds is 3. The van der Waals surface area contributed by atoms with Crippen molar-refractivity contribution in [3.63, 3.8) is 0 Å². The molecule has 24 heavy (non-hydrogen) atoms. The maximum Gasteiger partial charge on any atom is 0.258 e. The van der Waals surface area contributed by atoms with Gasteiger partial charge in [0.2, 0.25) is 0 Å². The van der Waals surface area contributed by atoms with E-state index >= 15 is 0 Å². The van der Waals surface area contributed by atoms with Crippen LogP contribution in [0.25, 0.3) is 5.65 Å². The van der Waals surface area contributed by atoms with Gasteiger partial charge in [0.15, 0.2) is 5.76 Å². The van der Waals surface area contributed by atoms with Gasteiger partial charge in [0.05, 0.1) is 17.4 Å². The van der Waals surface area contributed by atoms with Gasteiger partial charge in [-0.2, -0.15) is 0 Å². The monoisotopic (exact) mass is 324 g/mol. The van der Waals surface area contributed by atoms with Crippen molar-refractivity contribution in [2.45, 2.75) is 39.3 Å². The molecule has 0 radical (unpaired) electrons. The Morgan fingerprint density at radius 3 is 3.00 bits per heavy atom. The summed E-state index contributed by atoms with van der Waals surface area (Å²) < 4.78 is 7.05. The van der Waals surface area contributed by atoms with E-state index in [9.17, 15) is 4.79 Å². The summed E-state index contributed by atoms with van der Waals surface area (Å²) in [7, 11) is 0. The van der Waals surface area contributed by atoms with E-state index in [2.05, 4.69) is 10.1 Å². The zero-order valence-corrected chi connectivity index (χ0v) is 13.9. The van der Waals surface area contributed by atoms with E-state index in [1.165, 1.54) is 0 Å². The minimum Gasteiger partial charge on any atom is -0.359 e. The summed E-state index contributed by atoms with van der Waals surface area (Å²) in [6.07, 6.45) is 3.91. The van der Waals surface area contributed by atoms with Crippen LogP contribution in [-0.2, 0) is 6.54 Å². The van der Waals surface area contributed by atoms with Gasteiger partial charge in [-0.15, -0.1) is 0 Å². The van der Waals surface area contributed by atoms with Crippen LogP contribution in [0, 0.1) is 13.8 Å². The van der Waals surface area contributed by atoms with E-state index in [0.29, 0.717) is 6.54 Å². The van der Waals surface area contributed by atoms with Gasteiger partial charge in [0.1, 0.15) is 5.65 Å². The third kappa shape index (κ3) is 2.63. The van der Waals surface area contributed by atoms with E-state index in [0.717, 1.165) is 47.7 Å². The number of hydrogen-bond acceptors (Lipinski definition) is 5. The van der Waals surface area contributed by atoms with Gasteiger partial charge < -0.3 is 4.52 Å². The van der Waals surface area contributed by atoms with E-state index in [1.54, 1.807) is 16.7 Å². The zero-order chi connectivity index (χ0) is 16.7. The van der Waals surface area contributed by atoms with Crippen LogP contribution in [0.4, 0.5) is 0 Å². The average molecular weight is 324 g/mol. The molecule has 124 valence electrons. The Hall–Kier alpha value is -2.47. The van der Waals surface area contributed by atoms with Crippen LogP contribution in [0.3, 0.4) is 0 Å². The summed E-state index contributed by atoms with van der Waals surface area (Å²) in [6.45, 7) is 5.52. The Labute approximate surface area is 139 Å². The molecule has 6 heteroatoms. The Kier molecular flexibility index (Phi) is 3.69. The molecule has 1 atom stereocenters. The summed E-state index contributed by atoms with van der Waals surface area (Å²) in [6, 6.07) is 7.68. The fourth-order valence-corrected chi connectivity index (χ4v) is 3.48. The van der Waals surface area contributed by atoms with Crippen LogP contribution in [0.15, 0.2) is 39.8 Å². The van der Waals surface area contributed by atoms with Crippen molar-refractivity contribution >= 4 is 5.65 Å². The maximum atomic E-state index is 12.4. The Bertz CT molecular complexity index is 944. The van der Waals surface area contributed by atoms with Crippen LogP contribution in [0.1, 0.15) is 41.6 Å². The Morgan fingerprint density at radius 2 is 2.21 bits per heavy atom. The summed E-state index contributed by atoms with van der Waals surface area (Å²) in [5, 5.41) is 4.00. The molecule has 6 nitrogen and oxygen atoms in total. The quantitative estimate of drug-likeness (QED) is 0.741. The van der Waals surface area contributed by atoms with E-state index < -0.39 is 0 Å². The number of aryl methyl sites for hydroxylation is 2. The SMILES string of the molecule is Cc1cc(C2CCCN2Cc2cc(=O)n3cccc(C)c3n2)on1. The maximum absolute atomic E-state index is 12.4. The lowest BCUT2D eigenvalue weighted by Crippen LogP contribution is -2.25. The molecule has 0 saturated carbocycles. The lowest BCUT2D eigenvalue weighted by atomic mass is 10.1. The van der Waals surface area contributed by atoms with Crippen molar-refractivity contribution in [3.8, 4) is 0 Å². The van der Waals surface area contributed by atoms with Crippen LogP contribution >= 0.6 is 0 Å². The molecule has 4 rings (SSSR count). The summed E-state index contributed by atoms with van der Waals surface area (Å²) >= 11 is 0. The fraction of sp³-hybridized carbons (Fsp3) is 0.389. The number of hydrogen-bond donors (Lipinski definition) is 0. The first-order valence-corrected chi connectivity index (χ1v) is 8.27. The second-order valence-corrected chi connectivity index (χ2v) is 6.47. The fourth-order valence-electron chi connectivity index (χ4n) is 3.48. The van der Waals surface area contributed by atoms with Gasteiger partial charge in [-0.3, -0.25) is 14.1 Å². The average Bonchev–Trinajstić information content (AvgIpc) is 3.17. The second kappa shape index (κ2) is 5.87. The van der Waals surface area contributed by atoms with Crippen molar-refractivity contribution in [1.29, 1.82) is 0 Å². The molecular formula is C18H20N4O2. The lowest BCUT2D eigenvalue weighted by molar-refractivity contribution is 0.204. The van der Waals surface area contributed by atoms with Crippen molar-refractivity contribution in [2.24, 2.45) is 0 Å². The van der Waals surface area contributed by atoms with Crippen LogP contribution in [0.2, 0.25) is 0 Å². The normalized spacial score (nSPS) is 18.5. The van der Waals surface area contributed by atoms with Gasteiger partial charge in [-0.25, -0.2) is 4.98 Å². The number of likely N-dealkylation sites (tertiary alicyclic amines) is 1. The van der Waals surface area contributed by atoms with Crippen LogP contribution in [-0.4, -0.2) is 26.0 Å². The minimum atomic E-state index is -0.0371. The first-order chi connectivity index (χ1) is 11.6. The molecule has 0 aromatic carbocycles. The molecular weight excluding hydrogens is 304 g/mol. The van der Waals surface area contributed by atoms with Gasteiger partial charge in [0.25, 0.3) is 5.56 Å². The molecule has 0 aliphatic carbocycles. The third-order valence-corrected chi connectivity index (χ3v) is 4.64. The minimum absolute atomic E-state index is 0.0371. The molecule has 3 aromatic rings. The first-order valence-electron chi connectivity index (χ1n) is 8.27. The molecule has 3 aromatic heterocycles. The highest BCUT2D eigenvalue weighted by atomic mass is 16.5. The molecule has 1 unspecified atom stereocenters.